The highest BCUT2D eigenvalue weighted by molar-refractivity contribution is 7.17. The molecule has 1 aromatic heterocycles. The number of nitrogens with zero attached hydrogens (tertiary/aromatic N) is 1. The summed E-state index contributed by atoms with van der Waals surface area (Å²) in [5.74, 6) is -1.24. The van der Waals surface area contributed by atoms with E-state index in [1.54, 1.807) is 23.7 Å². The van der Waals surface area contributed by atoms with Gasteiger partial charge in [-0.3, -0.25) is 0 Å². The van der Waals surface area contributed by atoms with Crippen LogP contribution in [-0.2, 0) is 4.79 Å². The highest BCUT2D eigenvalue weighted by Gasteiger charge is 2.18. The maximum atomic E-state index is 10.6. The lowest BCUT2D eigenvalue weighted by Crippen LogP contribution is -2.10. The predicted molar refractivity (Wildman–Crippen MR) is 52.2 cm³/mol. The fraction of sp³-hybridized carbons (Fsp3) is 0.111. The van der Waals surface area contributed by atoms with Crippen LogP contribution in [0.5, 0.6) is 0 Å². The van der Waals surface area contributed by atoms with Gasteiger partial charge in [-0.15, -0.1) is 11.3 Å². The Kier molecular flexibility index (Phi) is 2.18. The number of benzene rings is 1. The Hall–Kier alpha value is -1.46. The number of hydrogen-bond acceptors (Lipinski definition) is 4. The quantitative estimate of drug-likeness (QED) is 0.784. The van der Waals surface area contributed by atoms with Gasteiger partial charge in [-0.25, -0.2) is 9.78 Å². The summed E-state index contributed by atoms with van der Waals surface area (Å²) in [6.07, 6.45) is -1.47. The Balaban J connectivity index is 2.61. The van der Waals surface area contributed by atoms with Crippen LogP contribution in [0.2, 0.25) is 0 Å². The van der Waals surface area contributed by atoms with Crippen molar-refractivity contribution in [3.63, 3.8) is 0 Å². The number of thiazole rings is 1. The first-order valence-corrected chi connectivity index (χ1v) is 4.81. The molecule has 14 heavy (non-hydrogen) atoms. The number of carboxylic acids is 1. The smallest absolute Gasteiger partial charge is 0.337 e. The monoisotopic (exact) mass is 209 g/mol. The van der Waals surface area contributed by atoms with E-state index in [4.69, 9.17) is 5.11 Å². The van der Waals surface area contributed by atoms with Crippen molar-refractivity contribution in [1.82, 2.24) is 4.98 Å². The van der Waals surface area contributed by atoms with E-state index in [1.165, 1.54) is 11.3 Å². The van der Waals surface area contributed by atoms with Gasteiger partial charge in [0.25, 0.3) is 0 Å². The standard InChI is InChI=1S/C9H7NO3S/c11-7(9(12)13)5-2-1-3-6-8(5)14-4-10-6/h1-4,7,11H,(H,12,13). The van der Waals surface area contributed by atoms with Crippen LogP contribution in [-0.4, -0.2) is 21.2 Å². The minimum absolute atomic E-state index is 0.400. The zero-order valence-corrected chi connectivity index (χ0v) is 7.86. The van der Waals surface area contributed by atoms with Crippen LogP contribution in [0, 0.1) is 0 Å². The van der Waals surface area contributed by atoms with Crippen molar-refractivity contribution in [2.75, 3.05) is 0 Å². The Morgan fingerprint density at radius 1 is 1.50 bits per heavy atom. The van der Waals surface area contributed by atoms with Gasteiger partial charge in [0, 0.05) is 5.56 Å². The first-order valence-electron chi connectivity index (χ1n) is 3.93. The molecule has 0 bridgehead atoms. The summed E-state index contributed by atoms with van der Waals surface area (Å²) in [5.41, 5.74) is 2.74. The van der Waals surface area contributed by atoms with Crippen molar-refractivity contribution in [2.24, 2.45) is 0 Å². The average molecular weight is 209 g/mol. The molecule has 0 aliphatic carbocycles. The predicted octanol–water partition coefficient (Wildman–Crippen LogP) is 1.41. The fourth-order valence-electron chi connectivity index (χ4n) is 1.26. The van der Waals surface area contributed by atoms with Crippen LogP contribution < -0.4 is 0 Å². The summed E-state index contributed by atoms with van der Waals surface area (Å²) in [4.78, 5) is 14.6. The molecule has 1 unspecified atom stereocenters. The SMILES string of the molecule is O=C(O)C(O)c1cccc2ncsc12. The van der Waals surface area contributed by atoms with E-state index in [0.29, 0.717) is 11.1 Å². The Labute approximate surface area is 83.5 Å². The van der Waals surface area contributed by atoms with E-state index in [-0.39, 0.29) is 0 Å². The van der Waals surface area contributed by atoms with Gasteiger partial charge in [-0.05, 0) is 6.07 Å². The number of carbonyl (C=O) groups is 1. The van der Waals surface area contributed by atoms with Gasteiger partial charge in [0.05, 0.1) is 15.7 Å². The fourth-order valence-corrected chi connectivity index (χ4v) is 2.09. The number of aliphatic hydroxyl groups is 1. The molecule has 1 aromatic carbocycles. The number of hydrogen-bond donors (Lipinski definition) is 2. The molecular weight excluding hydrogens is 202 g/mol. The summed E-state index contributed by atoms with van der Waals surface area (Å²) < 4.78 is 0.724. The second-order valence-electron chi connectivity index (χ2n) is 2.79. The number of aliphatic hydroxyl groups excluding tert-OH is 1. The lowest BCUT2D eigenvalue weighted by Gasteiger charge is -2.05. The van der Waals surface area contributed by atoms with Crippen LogP contribution in [0.15, 0.2) is 23.7 Å². The third kappa shape index (κ3) is 1.36. The summed E-state index contributed by atoms with van der Waals surface area (Å²) in [5, 5.41) is 18.1. The normalized spacial score (nSPS) is 12.9. The van der Waals surface area contributed by atoms with E-state index in [1.807, 2.05) is 0 Å². The lowest BCUT2D eigenvalue weighted by atomic mass is 10.1. The molecule has 2 aromatic rings. The molecule has 0 amide bonds. The van der Waals surface area contributed by atoms with Crippen molar-refractivity contribution in [3.05, 3.63) is 29.3 Å². The van der Waals surface area contributed by atoms with Gasteiger partial charge in [-0.2, -0.15) is 0 Å². The van der Waals surface area contributed by atoms with Crippen LogP contribution in [0.25, 0.3) is 10.2 Å². The molecule has 0 fully saturated rings. The molecule has 0 radical (unpaired) electrons. The summed E-state index contributed by atoms with van der Waals surface area (Å²) in [6.45, 7) is 0. The second kappa shape index (κ2) is 3.36. The Morgan fingerprint density at radius 2 is 2.29 bits per heavy atom. The van der Waals surface area contributed by atoms with E-state index in [0.717, 1.165) is 4.70 Å². The van der Waals surface area contributed by atoms with Gasteiger partial charge in [-0.1, -0.05) is 12.1 Å². The topological polar surface area (TPSA) is 70.4 Å². The van der Waals surface area contributed by atoms with Crippen LogP contribution >= 0.6 is 11.3 Å². The minimum atomic E-state index is -1.47. The van der Waals surface area contributed by atoms with Gasteiger partial charge < -0.3 is 10.2 Å². The first kappa shape index (κ1) is 9.11. The van der Waals surface area contributed by atoms with E-state index >= 15 is 0 Å². The van der Waals surface area contributed by atoms with Gasteiger partial charge in [0.15, 0.2) is 6.10 Å². The number of fused-ring (bicyclic) bond motifs is 1. The summed E-state index contributed by atoms with van der Waals surface area (Å²) in [7, 11) is 0. The zero-order valence-electron chi connectivity index (χ0n) is 7.04. The van der Waals surface area contributed by atoms with Crippen LogP contribution in [0.1, 0.15) is 11.7 Å². The van der Waals surface area contributed by atoms with Crippen LogP contribution in [0.3, 0.4) is 0 Å². The molecule has 0 aliphatic heterocycles. The molecule has 1 heterocycles. The molecule has 2 rings (SSSR count). The van der Waals surface area contributed by atoms with Crippen molar-refractivity contribution in [2.45, 2.75) is 6.10 Å². The highest BCUT2D eigenvalue weighted by Crippen LogP contribution is 2.27. The number of aromatic nitrogens is 1. The molecule has 0 saturated heterocycles. The average Bonchev–Trinajstić information content (AvgIpc) is 2.63. The highest BCUT2D eigenvalue weighted by atomic mass is 32.1. The minimum Gasteiger partial charge on any atom is -0.479 e. The number of aliphatic carboxylic acids is 1. The number of rotatable bonds is 2. The summed E-state index contributed by atoms with van der Waals surface area (Å²) >= 11 is 1.33. The number of carboxylic acid groups (broad SMARTS) is 1. The second-order valence-corrected chi connectivity index (χ2v) is 3.64. The maximum Gasteiger partial charge on any atom is 0.337 e. The van der Waals surface area contributed by atoms with Gasteiger partial charge >= 0.3 is 5.97 Å². The molecule has 0 aliphatic rings. The first-order chi connectivity index (χ1) is 6.70. The molecule has 0 spiro atoms. The maximum absolute atomic E-state index is 10.6. The third-order valence-electron chi connectivity index (χ3n) is 1.92. The van der Waals surface area contributed by atoms with Crippen molar-refractivity contribution in [3.8, 4) is 0 Å². The van der Waals surface area contributed by atoms with Crippen molar-refractivity contribution < 1.29 is 15.0 Å². The summed E-state index contributed by atoms with van der Waals surface area (Å²) in [6, 6.07) is 5.06. The third-order valence-corrected chi connectivity index (χ3v) is 2.81. The molecule has 72 valence electrons. The molecule has 4 nitrogen and oxygen atoms in total. The van der Waals surface area contributed by atoms with Crippen LogP contribution in [0.4, 0.5) is 0 Å². The van der Waals surface area contributed by atoms with Gasteiger partial charge in [0.1, 0.15) is 0 Å². The molecular formula is C9H7NO3S. The largest absolute Gasteiger partial charge is 0.479 e. The Bertz CT molecular complexity index is 480. The lowest BCUT2D eigenvalue weighted by molar-refractivity contribution is -0.146. The van der Waals surface area contributed by atoms with E-state index in [9.17, 15) is 9.90 Å². The van der Waals surface area contributed by atoms with Gasteiger partial charge in [0.2, 0.25) is 0 Å². The molecule has 5 heteroatoms. The van der Waals surface area contributed by atoms with E-state index in [2.05, 4.69) is 4.98 Å². The zero-order chi connectivity index (χ0) is 10.1. The van der Waals surface area contributed by atoms with E-state index < -0.39 is 12.1 Å². The molecule has 2 N–H and O–H groups in total. The van der Waals surface area contributed by atoms with Crippen molar-refractivity contribution in [1.29, 1.82) is 0 Å². The Morgan fingerprint density at radius 3 is 3.00 bits per heavy atom. The van der Waals surface area contributed by atoms with Crippen molar-refractivity contribution >= 4 is 27.5 Å². The molecule has 1 atom stereocenters. The molecule has 0 saturated carbocycles.